The molecule has 0 spiro atoms. The highest BCUT2D eigenvalue weighted by Crippen LogP contribution is 2.37. The highest BCUT2D eigenvalue weighted by atomic mass is 32.1. The molecule has 0 unspecified atom stereocenters. The topological polar surface area (TPSA) is 99.7 Å². The van der Waals surface area contributed by atoms with Crippen molar-refractivity contribution in [3.8, 4) is 17.3 Å². The number of rotatable bonds is 5. The second-order valence-corrected chi connectivity index (χ2v) is 11.5. The lowest BCUT2D eigenvalue weighted by Gasteiger charge is -2.29. The Kier molecular flexibility index (Phi) is 7.29. The third-order valence-electron chi connectivity index (χ3n) is 6.49. The third kappa shape index (κ3) is 5.40. The Balaban J connectivity index is 1.47. The minimum Gasteiger partial charge on any atom is -0.444 e. The van der Waals surface area contributed by atoms with Gasteiger partial charge in [-0.3, -0.25) is 0 Å². The van der Waals surface area contributed by atoms with Crippen molar-refractivity contribution in [1.29, 1.82) is 5.26 Å². The molecule has 1 aromatic carbocycles. The Hall–Kier alpha value is -4.30. The summed E-state index contributed by atoms with van der Waals surface area (Å²) in [7, 11) is 1.88. The Morgan fingerprint density at radius 2 is 1.95 bits per heavy atom. The van der Waals surface area contributed by atoms with Gasteiger partial charge in [-0.25, -0.2) is 19.2 Å². The molecule has 1 aliphatic rings. The van der Waals surface area contributed by atoms with Crippen LogP contribution in [0.5, 0.6) is 0 Å². The molecule has 3 aromatic heterocycles. The lowest BCUT2D eigenvalue weighted by Crippen LogP contribution is -2.39. The average molecular weight is 560 g/mol. The number of hydrogen-bond acceptors (Lipinski definition) is 8. The van der Waals surface area contributed by atoms with Crippen LogP contribution in [0.25, 0.3) is 22.5 Å². The third-order valence-corrected chi connectivity index (χ3v) is 7.52. The molecule has 40 heavy (non-hydrogen) atoms. The van der Waals surface area contributed by atoms with Crippen LogP contribution in [-0.2, 0) is 11.2 Å². The molecule has 206 valence electrons. The van der Waals surface area contributed by atoms with Crippen LogP contribution in [0.2, 0.25) is 0 Å². The van der Waals surface area contributed by atoms with Gasteiger partial charge in [-0.15, -0.1) is 0 Å². The van der Waals surface area contributed by atoms with E-state index in [1.165, 1.54) is 23.5 Å². The van der Waals surface area contributed by atoms with E-state index in [2.05, 4.69) is 6.07 Å². The van der Waals surface area contributed by atoms with Crippen LogP contribution >= 0.6 is 11.3 Å². The summed E-state index contributed by atoms with van der Waals surface area (Å²) in [6.45, 7) is 8.59. The molecule has 1 amide bonds. The molecule has 5 rings (SSSR count). The number of aryl methyl sites for hydroxylation is 1. The largest absolute Gasteiger partial charge is 0.444 e. The van der Waals surface area contributed by atoms with Crippen molar-refractivity contribution < 1.29 is 13.9 Å². The summed E-state index contributed by atoms with van der Waals surface area (Å²) in [5, 5.41) is 15.3. The Labute approximate surface area is 236 Å². The first-order chi connectivity index (χ1) is 19.1. The van der Waals surface area contributed by atoms with Gasteiger partial charge in [0.15, 0.2) is 16.6 Å². The number of halogens is 1. The maximum atomic E-state index is 13.5. The summed E-state index contributed by atoms with van der Waals surface area (Å²) < 4.78 is 20.8. The molecular formula is C29H30FN7O2S. The van der Waals surface area contributed by atoms with Gasteiger partial charge in [0.1, 0.15) is 28.1 Å². The molecule has 0 atom stereocenters. The van der Waals surface area contributed by atoms with Crippen molar-refractivity contribution in [2.45, 2.75) is 46.1 Å². The first-order valence-electron chi connectivity index (χ1n) is 13.0. The van der Waals surface area contributed by atoms with Crippen molar-refractivity contribution >= 4 is 39.6 Å². The average Bonchev–Trinajstić information content (AvgIpc) is 3.53. The van der Waals surface area contributed by atoms with Crippen molar-refractivity contribution in [1.82, 2.24) is 24.5 Å². The van der Waals surface area contributed by atoms with E-state index in [4.69, 9.17) is 19.8 Å². The standard InChI is InChI=1S/C29H30FN7O2S/c1-6-21-26(35(5)27-33-25(23(17-31)40-27)19-7-9-20(30)10-8-19)37-24(32-21)12-11-22(34-37)18-13-15-36(16-14-18)28(38)39-29(2,3)4/h7-13H,6,14-16H2,1-5H3. The van der Waals surface area contributed by atoms with Gasteiger partial charge in [0.2, 0.25) is 0 Å². The molecule has 0 N–H and O–H groups in total. The molecule has 0 aliphatic carbocycles. The van der Waals surface area contributed by atoms with Crippen molar-refractivity contribution in [3.05, 3.63) is 64.6 Å². The molecule has 0 saturated heterocycles. The predicted octanol–water partition coefficient (Wildman–Crippen LogP) is 6.22. The number of fused-ring (bicyclic) bond motifs is 1. The van der Waals surface area contributed by atoms with E-state index in [0.29, 0.717) is 52.8 Å². The molecule has 0 radical (unpaired) electrons. The zero-order chi connectivity index (χ0) is 28.6. The number of nitriles is 1. The van der Waals surface area contributed by atoms with Crippen LogP contribution in [0.1, 0.15) is 50.4 Å². The Bertz CT molecular complexity index is 1640. The molecule has 9 nitrogen and oxygen atoms in total. The fourth-order valence-corrected chi connectivity index (χ4v) is 5.38. The van der Waals surface area contributed by atoms with E-state index in [1.807, 2.05) is 57.9 Å². The fourth-order valence-electron chi connectivity index (χ4n) is 4.53. The van der Waals surface area contributed by atoms with Crippen LogP contribution in [0.4, 0.5) is 20.1 Å². The summed E-state index contributed by atoms with van der Waals surface area (Å²) in [5.41, 5.74) is 4.03. The maximum Gasteiger partial charge on any atom is 0.410 e. The first-order valence-corrected chi connectivity index (χ1v) is 13.9. The second-order valence-electron chi connectivity index (χ2n) is 10.5. The van der Waals surface area contributed by atoms with E-state index in [1.54, 1.807) is 21.5 Å². The molecule has 0 bridgehead atoms. The lowest BCUT2D eigenvalue weighted by molar-refractivity contribution is 0.0270. The van der Waals surface area contributed by atoms with Gasteiger partial charge in [0, 0.05) is 25.7 Å². The number of nitrogens with zero attached hydrogens (tertiary/aromatic N) is 7. The summed E-state index contributed by atoms with van der Waals surface area (Å²) in [5.74, 6) is 0.413. The van der Waals surface area contributed by atoms with Gasteiger partial charge >= 0.3 is 6.09 Å². The van der Waals surface area contributed by atoms with Crippen LogP contribution in [0.3, 0.4) is 0 Å². The van der Waals surface area contributed by atoms with Crippen LogP contribution < -0.4 is 4.90 Å². The number of aromatic nitrogens is 4. The van der Waals surface area contributed by atoms with Gasteiger partial charge in [-0.1, -0.05) is 24.3 Å². The lowest BCUT2D eigenvalue weighted by atomic mass is 10.0. The zero-order valence-electron chi connectivity index (χ0n) is 23.1. The highest BCUT2D eigenvalue weighted by Gasteiger charge is 2.26. The second kappa shape index (κ2) is 10.7. The van der Waals surface area contributed by atoms with Crippen molar-refractivity contribution in [3.63, 3.8) is 0 Å². The zero-order valence-corrected chi connectivity index (χ0v) is 23.9. The molecule has 4 aromatic rings. The smallest absolute Gasteiger partial charge is 0.410 e. The normalized spacial score (nSPS) is 13.7. The summed E-state index contributed by atoms with van der Waals surface area (Å²) in [6, 6.07) is 12.1. The van der Waals surface area contributed by atoms with Crippen LogP contribution in [-0.4, -0.2) is 56.3 Å². The number of hydrogen-bond donors (Lipinski definition) is 0. The van der Waals surface area contributed by atoms with Crippen LogP contribution in [0, 0.1) is 17.1 Å². The molecule has 11 heteroatoms. The van der Waals surface area contributed by atoms with Crippen LogP contribution in [0.15, 0.2) is 42.5 Å². The minimum absolute atomic E-state index is 0.322. The monoisotopic (exact) mass is 559 g/mol. The first kappa shape index (κ1) is 27.3. The minimum atomic E-state index is -0.542. The molecule has 0 fully saturated rings. The number of thiazole rings is 1. The van der Waals surface area contributed by atoms with Crippen molar-refractivity contribution in [2.75, 3.05) is 25.0 Å². The number of benzene rings is 1. The summed E-state index contributed by atoms with van der Waals surface area (Å²) in [4.78, 5) is 26.0. The number of amides is 1. The maximum absolute atomic E-state index is 13.5. The highest BCUT2D eigenvalue weighted by molar-refractivity contribution is 7.16. The molecule has 0 saturated carbocycles. The van der Waals surface area contributed by atoms with Crippen molar-refractivity contribution in [2.24, 2.45) is 0 Å². The molecular weight excluding hydrogens is 529 g/mol. The molecule has 1 aliphatic heterocycles. The SMILES string of the molecule is CCc1nc2ccc(C3=CCN(C(=O)OC(C)(C)C)CC3)nn2c1N(C)c1nc(-c2ccc(F)cc2)c(C#N)s1. The Morgan fingerprint density at radius 1 is 1.20 bits per heavy atom. The van der Waals surface area contributed by atoms with Gasteiger partial charge in [0.05, 0.1) is 11.4 Å². The number of ether oxygens (including phenoxy) is 1. The number of imidazole rings is 1. The van der Waals surface area contributed by atoms with E-state index >= 15 is 0 Å². The van der Waals surface area contributed by atoms with Gasteiger partial charge < -0.3 is 14.5 Å². The van der Waals surface area contributed by atoms with Gasteiger partial charge in [0.25, 0.3) is 0 Å². The predicted molar refractivity (Wildman–Crippen MR) is 153 cm³/mol. The van der Waals surface area contributed by atoms with E-state index in [0.717, 1.165) is 22.8 Å². The van der Waals surface area contributed by atoms with E-state index < -0.39 is 5.60 Å². The van der Waals surface area contributed by atoms with E-state index in [9.17, 15) is 14.4 Å². The molecule has 4 heterocycles. The number of anilines is 2. The van der Waals surface area contributed by atoms with E-state index in [-0.39, 0.29) is 11.9 Å². The fraction of sp³-hybridized carbons (Fsp3) is 0.345. The number of carbonyl (C=O) groups excluding carboxylic acids is 1. The summed E-state index contributed by atoms with van der Waals surface area (Å²) >= 11 is 1.26. The quantitative estimate of drug-likeness (QED) is 0.286. The van der Waals surface area contributed by atoms with Gasteiger partial charge in [-0.05, 0) is 75.6 Å². The van der Waals surface area contributed by atoms with Gasteiger partial charge in [-0.2, -0.15) is 14.9 Å². The Morgan fingerprint density at radius 3 is 2.58 bits per heavy atom. The number of carbonyl (C=O) groups is 1. The summed E-state index contributed by atoms with van der Waals surface area (Å²) in [6.07, 6.45) is 3.01.